The Balaban J connectivity index is 0.000000148. The Hall–Kier alpha value is -3.90. The quantitative estimate of drug-likeness (QED) is 0.131. The molecule has 7 rings (SSSR count). The molecular formula is C36H42N4Si+4. The molecule has 3 aromatic carbocycles. The lowest BCUT2D eigenvalue weighted by Gasteiger charge is -2.34. The fourth-order valence-electron chi connectivity index (χ4n) is 6.55. The minimum absolute atomic E-state index is 0.790. The number of rotatable bonds is 2. The van der Waals surface area contributed by atoms with Crippen molar-refractivity contribution in [2.45, 2.75) is 33.0 Å². The molecule has 4 heterocycles. The molecule has 0 aliphatic carbocycles. The molecule has 0 radical (unpaired) electrons. The van der Waals surface area contributed by atoms with Crippen LogP contribution >= 0.6 is 0 Å². The molecule has 0 spiro atoms. The molecule has 0 bridgehead atoms. The minimum atomic E-state index is -1.34. The molecule has 0 amide bonds. The maximum Gasteiger partial charge on any atom is 0.285 e. The average molecular weight is 559 g/mol. The fraction of sp³-hybridized carbons (Fsp3) is 0.222. The predicted octanol–water partition coefficient (Wildman–Crippen LogP) is 6.61. The van der Waals surface area contributed by atoms with Gasteiger partial charge >= 0.3 is 0 Å². The van der Waals surface area contributed by atoms with Crippen molar-refractivity contribution in [3.8, 4) is 22.5 Å². The Bertz CT molecular complexity index is 1720. The molecule has 2 aromatic heterocycles. The van der Waals surface area contributed by atoms with Gasteiger partial charge in [0.2, 0.25) is 11.4 Å². The standard InChI is InChI=1S/C19H18N2.C17H24N2Si/c1-21(16-9-3-2-4-10-16)15-20-14-8-7-12-18(20)17-11-5-6-13-19(17)21;1-19(2)13-18-15(14-9-6-7-11-16(14)19)10-8-12-17(18)20(3,4)5/h2-14H,15H2,1H3;6-12H,13H2,1-5H3/q2*+2. The average Bonchev–Trinajstić information content (AvgIpc) is 2.97. The van der Waals surface area contributed by atoms with Crippen molar-refractivity contribution in [2.75, 3.05) is 21.1 Å². The third-order valence-electron chi connectivity index (χ3n) is 8.60. The van der Waals surface area contributed by atoms with Gasteiger partial charge in [0.1, 0.15) is 16.8 Å². The highest BCUT2D eigenvalue weighted by molar-refractivity contribution is 6.87. The van der Waals surface area contributed by atoms with E-state index in [-0.39, 0.29) is 0 Å². The largest absolute Gasteiger partial charge is 0.285 e. The highest BCUT2D eigenvalue weighted by atomic mass is 28.3. The predicted molar refractivity (Wildman–Crippen MR) is 175 cm³/mol. The first-order chi connectivity index (χ1) is 19.6. The Kier molecular flexibility index (Phi) is 6.77. The molecule has 0 N–H and O–H groups in total. The number of pyridine rings is 2. The van der Waals surface area contributed by atoms with Gasteiger partial charge in [-0.25, -0.2) is 8.97 Å². The second kappa shape index (κ2) is 10.2. The lowest BCUT2D eigenvalue weighted by Crippen LogP contribution is -2.69. The maximum atomic E-state index is 2.55. The summed E-state index contributed by atoms with van der Waals surface area (Å²) in [7, 11) is 5.55. The highest BCUT2D eigenvalue weighted by Gasteiger charge is 2.42. The van der Waals surface area contributed by atoms with E-state index < -0.39 is 8.07 Å². The Morgan fingerprint density at radius 2 is 1.15 bits per heavy atom. The first-order valence-corrected chi connectivity index (χ1v) is 18.1. The van der Waals surface area contributed by atoms with Crippen molar-refractivity contribution in [3.63, 3.8) is 0 Å². The molecule has 2 aliphatic heterocycles. The van der Waals surface area contributed by atoms with Crippen LogP contribution in [0, 0.1) is 0 Å². The molecule has 1 atom stereocenters. The van der Waals surface area contributed by atoms with Gasteiger partial charge in [0.25, 0.3) is 13.3 Å². The molecule has 4 nitrogen and oxygen atoms in total. The summed E-state index contributed by atoms with van der Waals surface area (Å²) in [6.07, 6.45) is 2.17. The monoisotopic (exact) mass is 558 g/mol. The number of nitrogens with zero attached hydrogens (tertiary/aromatic N) is 4. The van der Waals surface area contributed by atoms with Crippen LogP contribution in [0.3, 0.4) is 0 Å². The van der Waals surface area contributed by atoms with Gasteiger partial charge in [-0.05, 0) is 42.5 Å². The Morgan fingerprint density at radius 3 is 1.85 bits per heavy atom. The third kappa shape index (κ3) is 4.84. The van der Waals surface area contributed by atoms with Gasteiger partial charge in [-0.1, -0.05) is 62.1 Å². The first kappa shape index (κ1) is 27.3. The number of aromatic nitrogens is 2. The van der Waals surface area contributed by atoms with Crippen LogP contribution in [-0.4, -0.2) is 29.2 Å². The van der Waals surface area contributed by atoms with Crippen LogP contribution in [0.25, 0.3) is 22.5 Å². The van der Waals surface area contributed by atoms with Crippen molar-refractivity contribution in [1.29, 1.82) is 0 Å². The summed E-state index contributed by atoms with van der Waals surface area (Å²) in [5.41, 5.74) is 9.44. The van der Waals surface area contributed by atoms with Gasteiger partial charge in [0.15, 0.2) is 31.0 Å². The summed E-state index contributed by atoms with van der Waals surface area (Å²) in [5, 5.41) is 1.54. The van der Waals surface area contributed by atoms with E-state index >= 15 is 0 Å². The summed E-state index contributed by atoms with van der Waals surface area (Å²) < 4.78 is 6.60. The van der Waals surface area contributed by atoms with Crippen LogP contribution in [0.5, 0.6) is 0 Å². The SMILES string of the molecule is C[N+]1(C)C[n+]2c(cccc2[Si](C)(C)C)-c2ccccc21.C[N+]1(c2ccccc2)C[n+]2ccccc2-c2ccccc21. The number of benzene rings is 3. The molecule has 0 saturated carbocycles. The second-order valence-corrected chi connectivity index (χ2v) is 18.1. The van der Waals surface area contributed by atoms with E-state index in [4.69, 9.17) is 0 Å². The van der Waals surface area contributed by atoms with Crippen molar-refractivity contribution < 1.29 is 9.13 Å². The van der Waals surface area contributed by atoms with Gasteiger partial charge in [-0.2, -0.15) is 4.57 Å². The molecule has 0 saturated heterocycles. The van der Waals surface area contributed by atoms with E-state index in [0.29, 0.717) is 0 Å². The summed E-state index contributed by atoms with van der Waals surface area (Å²) in [4.78, 5) is 0. The van der Waals surface area contributed by atoms with E-state index in [1.165, 1.54) is 44.9 Å². The van der Waals surface area contributed by atoms with Gasteiger partial charge in [-0.15, -0.1) is 4.57 Å². The topological polar surface area (TPSA) is 7.76 Å². The van der Waals surface area contributed by atoms with Crippen LogP contribution in [0.1, 0.15) is 0 Å². The first-order valence-electron chi connectivity index (χ1n) is 14.6. The summed E-state index contributed by atoms with van der Waals surface area (Å²) in [6.45, 7) is 9.21. The number of hydrogen-bond acceptors (Lipinski definition) is 0. The van der Waals surface area contributed by atoms with Crippen LogP contribution in [0.2, 0.25) is 19.6 Å². The van der Waals surface area contributed by atoms with Crippen molar-refractivity contribution in [1.82, 2.24) is 8.97 Å². The lowest BCUT2D eigenvalue weighted by atomic mass is 10.0. The van der Waals surface area contributed by atoms with Crippen molar-refractivity contribution >= 4 is 30.5 Å². The van der Waals surface area contributed by atoms with Gasteiger partial charge in [0, 0.05) is 30.3 Å². The van der Waals surface area contributed by atoms with Crippen LogP contribution < -0.4 is 23.4 Å². The molecule has 0 fully saturated rings. The zero-order valence-corrected chi connectivity index (χ0v) is 26.3. The smallest absolute Gasteiger partial charge is 0.240 e. The zero-order valence-electron chi connectivity index (χ0n) is 25.3. The van der Waals surface area contributed by atoms with E-state index in [1.807, 2.05) is 0 Å². The molecule has 5 aromatic rings. The van der Waals surface area contributed by atoms with Gasteiger partial charge in [0.05, 0.1) is 21.1 Å². The van der Waals surface area contributed by atoms with Crippen LogP contribution in [0.15, 0.2) is 121 Å². The molecule has 206 valence electrons. The van der Waals surface area contributed by atoms with E-state index in [1.54, 1.807) is 0 Å². The summed E-state index contributed by atoms with van der Waals surface area (Å²) >= 11 is 0. The van der Waals surface area contributed by atoms with E-state index in [2.05, 4.69) is 171 Å². The van der Waals surface area contributed by atoms with Gasteiger partial charge < -0.3 is 0 Å². The molecular weight excluding hydrogens is 517 g/mol. The maximum absolute atomic E-state index is 2.55. The van der Waals surface area contributed by atoms with Crippen LogP contribution in [-0.2, 0) is 13.3 Å². The van der Waals surface area contributed by atoms with E-state index in [0.717, 1.165) is 22.3 Å². The van der Waals surface area contributed by atoms with E-state index in [9.17, 15) is 0 Å². The molecule has 41 heavy (non-hydrogen) atoms. The van der Waals surface area contributed by atoms with Crippen molar-refractivity contribution in [3.05, 3.63) is 121 Å². The van der Waals surface area contributed by atoms with Crippen molar-refractivity contribution in [2.24, 2.45) is 0 Å². The molecule has 1 unspecified atom stereocenters. The Labute approximate surface area is 246 Å². The van der Waals surface area contributed by atoms with Crippen LogP contribution in [0.4, 0.5) is 17.1 Å². The number of quaternary nitrogens is 2. The minimum Gasteiger partial charge on any atom is -0.240 e. The molecule has 2 aliphatic rings. The third-order valence-corrected chi connectivity index (χ3v) is 10.6. The molecule has 5 heteroatoms. The zero-order chi connectivity index (χ0) is 28.8. The summed E-state index contributed by atoms with van der Waals surface area (Å²) in [6, 6.07) is 41.5. The number of para-hydroxylation sites is 3. The second-order valence-electron chi connectivity index (χ2n) is 13.1. The Morgan fingerprint density at radius 1 is 0.561 bits per heavy atom. The number of fused-ring (bicyclic) bond motifs is 6. The number of hydrogen-bond donors (Lipinski definition) is 0. The van der Waals surface area contributed by atoms with Gasteiger partial charge in [-0.3, -0.25) is 0 Å². The normalized spacial score (nSPS) is 18.1. The summed E-state index contributed by atoms with van der Waals surface area (Å²) in [5.74, 6) is 0. The lowest BCUT2D eigenvalue weighted by molar-refractivity contribution is -0.702. The highest BCUT2D eigenvalue weighted by Crippen LogP contribution is 2.41. The fourth-order valence-corrected chi connectivity index (χ4v) is 8.15.